The molecule has 35 heavy (non-hydrogen) atoms. The first-order valence-electron chi connectivity index (χ1n) is 10.5. The van der Waals surface area contributed by atoms with Crippen LogP contribution in [0.4, 0.5) is 21.5 Å². The van der Waals surface area contributed by atoms with Gasteiger partial charge in [0.05, 0.1) is 33.9 Å². The third-order valence-corrected chi connectivity index (χ3v) is 6.63. The number of rotatable bonds is 5. The Morgan fingerprint density at radius 1 is 1.03 bits per heavy atom. The maximum absolute atomic E-state index is 13.6. The molecule has 2 aliphatic heterocycles. The summed E-state index contributed by atoms with van der Waals surface area (Å²) in [6.45, 7) is 0. The number of nitro groups is 1. The number of nitrogens with zero attached hydrogens (tertiary/aromatic N) is 3. The van der Waals surface area contributed by atoms with Crippen molar-refractivity contribution in [2.45, 2.75) is 12.1 Å². The van der Waals surface area contributed by atoms with Crippen molar-refractivity contribution < 1.29 is 28.5 Å². The number of carbonyl (C=O) groups is 2. The molecule has 0 N–H and O–H groups in total. The molecular formula is C24H17BrFN3O6. The Morgan fingerprint density at radius 3 is 2.43 bits per heavy atom. The minimum absolute atomic E-state index is 0.164. The van der Waals surface area contributed by atoms with Crippen molar-refractivity contribution in [2.75, 3.05) is 17.1 Å². The lowest BCUT2D eigenvalue weighted by Crippen LogP contribution is -2.37. The van der Waals surface area contributed by atoms with Gasteiger partial charge in [0.1, 0.15) is 17.5 Å². The topological polar surface area (TPSA) is 102 Å². The van der Waals surface area contributed by atoms with E-state index in [-0.39, 0.29) is 11.4 Å². The zero-order valence-electron chi connectivity index (χ0n) is 18.1. The number of imide groups is 1. The quantitative estimate of drug-likeness (QED) is 0.265. The molecular weight excluding hydrogens is 525 g/mol. The van der Waals surface area contributed by atoms with Gasteiger partial charge in [-0.1, -0.05) is 12.1 Å². The molecule has 3 aromatic rings. The van der Waals surface area contributed by atoms with Crippen LogP contribution in [0.15, 0.2) is 71.2 Å². The van der Waals surface area contributed by atoms with Crippen molar-refractivity contribution in [3.8, 4) is 5.75 Å². The zero-order valence-corrected chi connectivity index (χ0v) is 19.7. The fourth-order valence-corrected chi connectivity index (χ4v) is 4.99. The molecule has 3 aromatic carbocycles. The SMILES string of the molecule is COc1ccc([C@@H]2[C@@H]3C(=O)N(c4ccc(F)cc4)C(=O)[C@H]3ON2c2cccc([N+](=O)[O-])c2)cc1Br. The second-order valence-corrected chi connectivity index (χ2v) is 8.84. The van der Waals surface area contributed by atoms with Crippen LogP contribution in [0.2, 0.25) is 0 Å². The molecule has 0 aliphatic carbocycles. The van der Waals surface area contributed by atoms with E-state index in [2.05, 4.69) is 15.9 Å². The third-order valence-electron chi connectivity index (χ3n) is 6.01. The van der Waals surface area contributed by atoms with Crippen molar-refractivity contribution in [3.05, 3.63) is 92.7 Å². The van der Waals surface area contributed by atoms with Gasteiger partial charge >= 0.3 is 0 Å². The summed E-state index contributed by atoms with van der Waals surface area (Å²) >= 11 is 3.44. The molecule has 2 saturated heterocycles. The highest BCUT2D eigenvalue weighted by molar-refractivity contribution is 9.10. The summed E-state index contributed by atoms with van der Waals surface area (Å²) in [5.74, 6) is -2.00. The minimum atomic E-state index is -1.17. The average molecular weight is 542 g/mol. The molecule has 0 radical (unpaired) electrons. The lowest BCUT2D eigenvalue weighted by Gasteiger charge is -2.29. The fourth-order valence-electron chi connectivity index (χ4n) is 4.43. The molecule has 11 heteroatoms. The van der Waals surface area contributed by atoms with Crippen molar-refractivity contribution in [1.82, 2.24) is 0 Å². The lowest BCUT2D eigenvalue weighted by molar-refractivity contribution is -0.384. The van der Waals surface area contributed by atoms with Gasteiger partial charge in [0.25, 0.3) is 11.6 Å². The summed E-state index contributed by atoms with van der Waals surface area (Å²) in [5, 5.41) is 12.7. The molecule has 178 valence electrons. The summed E-state index contributed by atoms with van der Waals surface area (Å²) < 4.78 is 19.3. The maximum Gasteiger partial charge on any atom is 0.271 e. The smallest absolute Gasteiger partial charge is 0.271 e. The number of carbonyl (C=O) groups excluding carboxylic acids is 2. The summed E-state index contributed by atoms with van der Waals surface area (Å²) in [6.07, 6.45) is -1.17. The summed E-state index contributed by atoms with van der Waals surface area (Å²) in [4.78, 5) is 44.7. The van der Waals surface area contributed by atoms with Crippen LogP contribution >= 0.6 is 15.9 Å². The summed E-state index contributed by atoms with van der Waals surface area (Å²) in [6, 6.07) is 15.2. The van der Waals surface area contributed by atoms with Crippen LogP contribution in [0.25, 0.3) is 0 Å². The normalized spacial score (nSPS) is 21.4. The van der Waals surface area contributed by atoms with E-state index in [1.54, 1.807) is 24.3 Å². The zero-order chi connectivity index (χ0) is 24.9. The number of methoxy groups -OCH3 is 1. The molecule has 0 aromatic heterocycles. The van der Waals surface area contributed by atoms with E-state index >= 15 is 0 Å². The van der Waals surface area contributed by atoms with Gasteiger partial charge in [0, 0.05) is 12.1 Å². The highest BCUT2D eigenvalue weighted by atomic mass is 79.9. The third kappa shape index (κ3) is 3.82. The molecule has 0 bridgehead atoms. The molecule has 9 nitrogen and oxygen atoms in total. The van der Waals surface area contributed by atoms with Gasteiger partial charge in [0.15, 0.2) is 6.10 Å². The molecule has 5 rings (SSSR count). The van der Waals surface area contributed by atoms with Crippen molar-refractivity contribution in [1.29, 1.82) is 0 Å². The highest BCUT2D eigenvalue weighted by Gasteiger charge is 2.60. The maximum atomic E-state index is 13.6. The van der Waals surface area contributed by atoms with E-state index in [9.17, 15) is 24.1 Å². The van der Waals surface area contributed by atoms with Gasteiger partial charge in [-0.15, -0.1) is 0 Å². The number of amides is 2. The number of benzene rings is 3. The number of hydrogen-bond donors (Lipinski definition) is 0. The van der Waals surface area contributed by atoms with Gasteiger partial charge in [-0.2, -0.15) is 0 Å². The molecule has 2 amide bonds. The average Bonchev–Trinajstić information content (AvgIpc) is 3.36. The van der Waals surface area contributed by atoms with Crippen LogP contribution in [0.5, 0.6) is 5.75 Å². The number of ether oxygens (including phenoxy) is 1. The number of anilines is 2. The van der Waals surface area contributed by atoms with Crippen molar-refractivity contribution in [3.63, 3.8) is 0 Å². The largest absolute Gasteiger partial charge is 0.496 e. The van der Waals surface area contributed by atoms with Gasteiger partial charge in [-0.3, -0.25) is 24.5 Å². The van der Waals surface area contributed by atoms with Gasteiger partial charge in [0.2, 0.25) is 5.91 Å². The van der Waals surface area contributed by atoms with E-state index in [4.69, 9.17) is 9.57 Å². The number of fused-ring (bicyclic) bond motifs is 1. The number of nitro benzene ring substituents is 1. The number of hydrogen-bond acceptors (Lipinski definition) is 7. The Bertz CT molecular complexity index is 1350. The molecule has 2 aliphatic rings. The molecule has 0 spiro atoms. The van der Waals surface area contributed by atoms with Crippen LogP contribution in [-0.2, 0) is 14.4 Å². The molecule has 3 atom stereocenters. The number of hydroxylamine groups is 1. The van der Waals surface area contributed by atoms with Crippen molar-refractivity contribution >= 4 is 44.8 Å². The van der Waals surface area contributed by atoms with E-state index in [1.807, 2.05) is 0 Å². The standard InChI is InChI=1S/C24H17BrFN3O6/c1-34-19-10-5-13(11-18(19)25)21-20-22(35-28(21)16-3-2-4-17(12-16)29(32)33)24(31)27(23(20)30)15-8-6-14(26)7-9-15/h2-12,20-22H,1H3/t20-,21+,22-/m0/s1. The van der Waals surface area contributed by atoms with E-state index in [0.717, 1.165) is 4.90 Å². The van der Waals surface area contributed by atoms with Crippen LogP contribution in [0.1, 0.15) is 11.6 Å². The van der Waals surface area contributed by atoms with Crippen molar-refractivity contribution in [2.24, 2.45) is 5.92 Å². The number of non-ortho nitro benzene ring substituents is 1. The number of halogens is 2. The Morgan fingerprint density at radius 2 is 1.77 bits per heavy atom. The van der Waals surface area contributed by atoms with Gasteiger partial charge < -0.3 is 4.74 Å². The Labute approximate surface area is 206 Å². The molecule has 2 fully saturated rings. The second-order valence-electron chi connectivity index (χ2n) is 7.98. The van der Waals surface area contributed by atoms with E-state index in [0.29, 0.717) is 21.5 Å². The molecule has 0 unspecified atom stereocenters. The van der Waals surface area contributed by atoms with Crippen LogP contribution in [0.3, 0.4) is 0 Å². The van der Waals surface area contributed by atoms with Crippen LogP contribution in [-0.4, -0.2) is 30.0 Å². The lowest BCUT2D eigenvalue weighted by atomic mass is 9.90. The van der Waals surface area contributed by atoms with Crippen LogP contribution < -0.4 is 14.7 Å². The minimum Gasteiger partial charge on any atom is -0.496 e. The highest BCUT2D eigenvalue weighted by Crippen LogP contribution is 2.48. The van der Waals surface area contributed by atoms with E-state index in [1.165, 1.54) is 54.6 Å². The Hall–Kier alpha value is -3.83. The second kappa shape index (κ2) is 8.75. The Balaban J connectivity index is 1.61. The van der Waals surface area contributed by atoms with E-state index < -0.39 is 40.6 Å². The predicted molar refractivity (Wildman–Crippen MR) is 126 cm³/mol. The van der Waals surface area contributed by atoms with Gasteiger partial charge in [-0.05, 0) is 64.0 Å². The summed E-state index contributed by atoms with van der Waals surface area (Å²) in [5.41, 5.74) is 1.01. The first-order valence-corrected chi connectivity index (χ1v) is 11.3. The molecule has 0 saturated carbocycles. The first kappa shape index (κ1) is 22.9. The first-order chi connectivity index (χ1) is 16.8. The monoisotopic (exact) mass is 541 g/mol. The van der Waals surface area contributed by atoms with Crippen LogP contribution in [0, 0.1) is 21.8 Å². The van der Waals surface area contributed by atoms with Gasteiger partial charge in [-0.25, -0.2) is 14.4 Å². The molecule has 2 heterocycles. The Kier molecular flexibility index (Phi) is 5.73. The fraction of sp³-hybridized carbons (Fsp3) is 0.167. The predicted octanol–water partition coefficient (Wildman–Crippen LogP) is 4.56. The summed E-state index contributed by atoms with van der Waals surface area (Å²) in [7, 11) is 1.52.